The Kier molecular flexibility index (Phi) is 10.1. The first-order valence-electron chi connectivity index (χ1n) is 13.1. The number of ether oxygens (including phenoxy) is 1. The molecule has 3 N–H and O–H groups in total. The van der Waals surface area contributed by atoms with Gasteiger partial charge < -0.3 is 25.0 Å². The van der Waals surface area contributed by atoms with Gasteiger partial charge in [-0.25, -0.2) is 9.98 Å². The van der Waals surface area contributed by atoms with E-state index >= 15 is 0 Å². The number of aliphatic hydroxyl groups is 1. The summed E-state index contributed by atoms with van der Waals surface area (Å²) in [5.74, 6) is 0.763. The van der Waals surface area contributed by atoms with Crippen LogP contribution in [0.2, 0.25) is 0 Å². The Balaban J connectivity index is 2.20. The fourth-order valence-electron chi connectivity index (χ4n) is 4.18. The molecule has 0 saturated heterocycles. The van der Waals surface area contributed by atoms with Crippen molar-refractivity contribution in [1.82, 2.24) is 14.5 Å². The second kappa shape index (κ2) is 13.2. The quantitative estimate of drug-likeness (QED) is 0.249. The second-order valence-corrected chi connectivity index (χ2v) is 9.89. The lowest BCUT2D eigenvalue weighted by atomic mass is 9.96. The lowest BCUT2D eigenvalue weighted by Crippen LogP contribution is -2.35. The number of hydrogen-bond donors (Lipinski definition) is 2. The van der Waals surface area contributed by atoms with E-state index in [1.165, 1.54) is 9.80 Å². The second-order valence-electron chi connectivity index (χ2n) is 9.89. The zero-order valence-electron chi connectivity index (χ0n) is 23.1. The maximum absolute atomic E-state index is 13.8. The van der Waals surface area contributed by atoms with Gasteiger partial charge in [-0.15, -0.1) is 0 Å². The van der Waals surface area contributed by atoms with Crippen molar-refractivity contribution in [3.05, 3.63) is 53.1 Å². The van der Waals surface area contributed by atoms with E-state index in [4.69, 9.17) is 15.5 Å². The number of carbonyl (C=O) groups excluding carboxylic acids is 2. The van der Waals surface area contributed by atoms with Gasteiger partial charge >= 0.3 is 0 Å². The first-order valence-corrected chi connectivity index (χ1v) is 13.1. The van der Waals surface area contributed by atoms with Gasteiger partial charge in [0.25, 0.3) is 5.91 Å². The van der Waals surface area contributed by atoms with Crippen LogP contribution in [0, 0.1) is 0 Å². The van der Waals surface area contributed by atoms with Crippen molar-refractivity contribution in [3.63, 3.8) is 0 Å². The molecule has 3 rings (SSSR count). The molecule has 10 heteroatoms. The zero-order valence-corrected chi connectivity index (χ0v) is 23.1. The average molecular weight is 525 g/mol. The molecule has 38 heavy (non-hydrogen) atoms. The molecule has 0 unspecified atom stereocenters. The SMILES string of the molecule is CC(/N=C(\C)OC1CCC1)=C(/N)c1nc(N(C=O)C(C)C)c(C(=O)N(C)CCCO)n1Cc1ccccc1. The summed E-state index contributed by atoms with van der Waals surface area (Å²) < 4.78 is 7.64. The number of aromatic nitrogens is 2. The highest BCUT2D eigenvalue weighted by molar-refractivity contribution is 6.00. The maximum Gasteiger partial charge on any atom is 0.274 e. The fourth-order valence-corrected chi connectivity index (χ4v) is 4.18. The minimum atomic E-state index is -0.325. The Labute approximate surface area is 224 Å². The van der Waals surface area contributed by atoms with Gasteiger partial charge in [-0.2, -0.15) is 0 Å². The third-order valence-corrected chi connectivity index (χ3v) is 6.59. The van der Waals surface area contributed by atoms with E-state index in [2.05, 4.69) is 4.99 Å². The first kappa shape index (κ1) is 28.9. The molecule has 1 aliphatic rings. The molecule has 0 aliphatic heterocycles. The molecule has 1 saturated carbocycles. The summed E-state index contributed by atoms with van der Waals surface area (Å²) in [5.41, 5.74) is 8.61. The Morgan fingerprint density at radius 1 is 1.29 bits per heavy atom. The Morgan fingerprint density at radius 2 is 1.97 bits per heavy atom. The predicted molar refractivity (Wildman–Crippen MR) is 149 cm³/mol. The average Bonchev–Trinajstić information content (AvgIpc) is 3.22. The number of imidazole rings is 1. The molecule has 0 atom stereocenters. The molecule has 2 aromatic rings. The smallest absolute Gasteiger partial charge is 0.274 e. The molecule has 206 valence electrons. The van der Waals surface area contributed by atoms with E-state index in [1.807, 2.05) is 44.2 Å². The van der Waals surface area contributed by atoms with Crippen molar-refractivity contribution in [1.29, 1.82) is 0 Å². The first-order chi connectivity index (χ1) is 18.2. The fraction of sp³-hybridized carbons (Fsp3) is 0.500. The third-order valence-electron chi connectivity index (χ3n) is 6.59. The molecule has 1 aliphatic carbocycles. The molecule has 1 aromatic carbocycles. The number of anilines is 1. The van der Waals surface area contributed by atoms with E-state index in [-0.39, 0.29) is 41.9 Å². The number of aliphatic imine (C=N–C) groups is 1. The molecule has 1 aromatic heterocycles. The maximum atomic E-state index is 13.8. The van der Waals surface area contributed by atoms with Gasteiger partial charge in [-0.1, -0.05) is 30.3 Å². The van der Waals surface area contributed by atoms with Gasteiger partial charge in [0.1, 0.15) is 6.10 Å². The number of nitrogens with two attached hydrogens (primary N) is 1. The van der Waals surface area contributed by atoms with Crippen LogP contribution >= 0.6 is 0 Å². The molecule has 0 bridgehead atoms. The number of allylic oxidation sites excluding steroid dienone is 1. The topological polar surface area (TPSA) is 126 Å². The lowest BCUT2D eigenvalue weighted by molar-refractivity contribution is -0.107. The monoisotopic (exact) mass is 524 g/mol. The van der Waals surface area contributed by atoms with Crippen LogP contribution in [-0.4, -0.2) is 70.1 Å². The van der Waals surface area contributed by atoms with Crippen LogP contribution in [0.15, 0.2) is 41.0 Å². The summed E-state index contributed by atoms with van der Waals surface area (Å²) in [6.45, 7) is 7.89. The van der Waals surface area contributed by atoms with E-state index in [0.717, 1.165) is 24.8 Å². The van der Waals surface area contributed by atoms with Crippen molar-refractivity contribution < 1.29 is 19.4 Å². The lowest BCUT2D eigenvalue weighted by Gasteiger charge is -2.26. The van der Waals surface area contributed by atoms with Gasteiger partial charge in [0.2, 0.25) is 6.41 Å². The summed E-state index contributed by atoms with van der Waals surface area (Å²) in [6.07, 6.45) is 4.47. The van der Waals surface area contributed by atoms with Crippen LogP contribution in [0.5, 0.6) is 0 Å². The Bertz CT molecular complexity index is 1170. The summed E-state index contributed by atoms with van der Waals surface area (Å²) in [6, 6.07) is 9.41. The highest BCUT2D eigenvalue weighted by Gasteiger charge is 2.31. The van der Waals surface area contributed by atoms with Crippen molar-refractivity contribution in [2.45, 2.75) is 72.1 Å². The van der Waals surface area contributed by atoms with Crippen LogP contribution in [0.3, 0.4) is 0 Å². The van der Waals surface area contributed by atoms with Crippen molar-refractivity contribution >= 4 is 29.7 Å². The predicted octanol–water partition coefficient (Wildman–Crippen LogP) is 3.39. The van der Waals surface area contributed by atoms with Crippen LogP contribution in [0.1, 0.15) is 75.3 Å². The van der Waals surface area contributed by atoms with E-state index in [0.29, 0.717) is 43.3 Å². The summed E-state index contributed by atoms with van der Waals surface area (Å²) in [4.78, 5) is 38.3. The summed E-state index contributed by atoms with van der Waals surface area (Å²) in [7, 11) is 1.66. The third kappa shape index (κ3) is 6.80. The molecular formula is C28H40N6O4. The number of aliphatic hydroxyl groups excluding tert-OH is 1. The van der Waals surface area contributed by atoms with E-state index in [1.54, 1.807) is 25.5 Å². The Morgan fingerprint density at radius 3 is 2.53 bits per heavy atom. The van der Waals surface area contributed by atoms with Crippen LogP contribution in [0.4, 0.5) is 5.82 Å². The van der Waals surface area contributed by atoms with Crippen molar-refractivity contribution in [2.75, 3.05) is 25.1 Å². The van der Waals surface area contributed by atoms with Crippen molar-refractivity contribution in [2.24, 2.45) is 10.7 Å². The largest absolute Gasteiger partial charge is 0.478 e. The number of rotatable bonds is 12. The van der Waals surface area contributed by atoms with E-state index in [9.17, 15) is 14.7 Å². The van der Waals surface area contributed by atoms with Gasteiger partial charge in [-0.3, -0.25) is 14.5 Å². The van der Waals surface area contributed by atoms with Crippen LogP contribution in [-0.2, 0) is 16.1 Å². The summed E-state index contributed by atoms with van der Waals surface area (Å²) >= 11 is 0. The molecule has 0 radical (unpaired) electrons. The summed E-state index contributed by atoms with van der Waals surface area (Å²) in [5, 5.41) is 9.30. The molecule has 2 amide bonds. The number of carbonyl (C=O) groups is 2. The highest BCUT2D eigenvalue weighted by atomic mass is 16.5. The minimum absolute atomic E-state index is 0.0410. The zero-order chi connectivity index (χ0) is 27.8. The molecular weight excluding hydrogens is 484 g/mol. The molecule has 1 fully saturated rings. The Hall–Kier alpha value is -3.66. The minimum Gasteiger partial charge on any atom is -0.478 e. The van der Waals surface area contributed by atoms with Gasteiger partial charge in [0.05, 0.1) is 11.4 Å². The normalized spacial score (nSPS) is 14.7. The van der Waals surface area contributed by atoms with E-state index < -0.39 is 0 Å². The molecule has 1 heterocycles. The molecule has 10 nitrogen and oxygen atoms in total. The van der Waals surface area contributed by atoms with Gasteiger partial charge in [0.15, 0.2) is 23.2 Å². The standard InChI is InChI=1S/C28H40N6O4/c1-19(2)34(18-36)27-25(28(37)32(5)15-10-16-35)33(17-22-11-7-6-8-12-22)26(31-27)24(29)20(3)30-21(4)38-23-13-9-14-23/h6-8,11-12,18-19,23,35H,9-10,13-17,29H2,1-5H3/b24-20-,30-21+. The number of benzene rings is 1. The highest BCUT2D eigenvalue weighted by Crippen LogP contribution is 2.29. The molecule has 0 spiro atoms. The van der Waals surface area contributed by atoms with Crippen LogP contribution < -0.4 is 10.6 Å². The van der Waals surface area contributed by atoms with Crippen molar-refractivity contribution in [3.8, 4) is 0 Å². The number of amides is 2. The number of nitrogens with zero attached hydrogens (tertiary/aromatic N) is 5. The van der Waals surface area contributed by atoms with Gasteiger partial charge in [0, 0.05) is 39.7 Å². The van der Waals surface area contributed by atoms with Crippen LogP contribution in [0.25, 0.3) is 5.70 Å². The van der Waals surface area contributed by atoms with Gasteiger partial charge in [-0.05, 0) is 52.0 Å². The number of hydrogen-bond acceptors (Lipinski definition) is 7.